The van der Waals surface area contributed by atoms with Crippen molar-refractivity contribution >= 4 is 22.6 Å². The molecule has 1 aromatic rings. The van der Waals surface area contributed by atoms with E-state index in [1.807, 2.05) is 0 Å². The maximum Gasteiger partial charge on any atom is 0.283 e. The first-order chi connectivity index (χ1) is 8.68. The third-order valence-corrected chi connectivity index (χ3v) is 4.31. The highest BCUT2D eigenvalue weighted by atomic mass is 32.2. The van der Waals surface area contributed by atoms with Gasteiger partial charge in [0, 0.05) is 12.0 Å². The second-order valence-electron chi connectivity index (χ2n) is 4.48. The fourth-order valence-electron chi connectivity index (χ4n) is 2.22. The van der Waals surface area contributed by atoms with Crippen LogP contribution in [0.25, 0.3) is 0 Å². The number of carbonyl (C=O) groups excluding carboxylic acids is 1. The second kappa shape index (κ2) is 6.00. The van der Waals surface area contributed by atoms with Crippen LogP contribution >= 0.6 is 11.8 Å². The molecule has 2 rings (SSSR count). The van der Waals surface area contributed by atoms with E-state index in [4.69, 9.17) is 0 Å². The average molecular weight is 265 g/mol. The number of benzene rings is 1. The Bertz CT molecular complexity index is 455. The highest BCUT2D eigenvalue weighted by molar-refractivity contribution is 8.13. The van der Waals surface area contributed by atoms with Crippen molar-refractivity contribution in [2.24, 2.45) is 5.92 Å². The monoisotopic (exact) mass is 265 g/mol. The van der Waals surface area contributed by atoms with Gasteiger partial charge in [-0.3, -0.25) is 14.9 Å². The average Bonchev–Trinajstić information content (AvgIpc) is 2.40. The van der Waals surface area contributed by atoms with Crippen LogP contribution in [-0.4, -0.2) is 10.0 Å². The molecular weight excluding hydrogens is 250 g/mol. The molecule has 0 bridgehead atoms. The van der Waals surface area contributed by atoms with Crippen LogP contribution in [0.1, 0.15) is 32.1 Å². The molecule has 0 heterocycles. The number of hydrogen-bond acceptors (Lipinski definition) is 4. The van der Waals surface area contributed by atoms with Crippen molar-refractivity contribution < 1.29 is 9.72 Å². The van der Waals surface area contributed by atoms with Gasteiger partial charge in [-0.1, -0.05) is 31.4 Å². The molecule has 5 heteroatoms. The molecule has 0 atom stereocenters. The molecule has 4 nitrogen and oxygen atoms in total. The summed E-state index contributed by atoms with van der Waals surface area (Å²) in [5, 5.41) is 10.9. The lowest BCUT2D eigenvalue weighted by Crippen LogP contribution is -2.14. The Balaban J connectivity index is 2.08. The normalized spacial score (nSPS) is 16.4. The number of nitrogens with zero attached hydrogens (tertiary/aromatic N) is 1. The van der Waals surface area contributed by atoms with Gasteiger partial charge in [-0.05, 0) is 30.7 Å². The summed E-state index contributed by atoms with van der Waals surface area (Å²) in [4.78, 5) is 23.0. The number of para-hydroxylation sites is 1. The van der Waals surface area contributed by atoms with E-state index < -0.39 is 4.92 Å². The third-order valence-electron chi connectivity index (χ3n) is 3.21. The summed E-state index contributed by atoms with van der Waals surface area (Å²) in [5.74, 6) is 0.0727. The van der Waals surface area contributed by atoms with Crippen molar-refractivity contribution in [3.63, 3.8) is 0 Å². The standard InChI is InChI=1S/C13H15NO3S/c15-13(10-6-2-1-3-7-10)18-12-9-5-4-8-11(12)14(16)17/h4-5,8-10H,1-3,6-7H2. The maximum atomic E-state index is 12.1. The minimum atomic E-state index is -0.434. The van der Waals surface area contributed by atoms with Crippen molar-refractivity contribution in [3.05, 3.63) is 34.4 Å². The number of thioether (sulfide) groups is 1. The number of carbonyl (C=O) groups is 1. The number of nitro benzene ring substituents is 1. The van der Waals surface area contributed by atoms with E-state index in [1.165, 1.54) is 12.5 Å². The molecule has 0 amide bonds. The van der Waals surface area contributed by atoms with Crippen LogP contribution in [0, 0.1) is 16.0 Å². The summed E-state index contributed by atoms with van der Waals surface area (Å²) in [6.45, 7) is 0. The molecule has 1 aliphatic carbocycles. The fourth-order valence-corrected chi connectivity index (χ4v) is 3.24. The van der Waals surface area contributed by atoms with E-state index in [2.05, 4.69) is 0 Å². The van der Waals surface area contributed by atoms with Gasteiger partial charge < -0.3 is 0 Å². The Morgan fingerprint density at radius 3 is 2.56 bits per heavy atom. The molecule has 1 aliphatic rings. The molecule has 0 unspecified atom stereocenters. The molecule has 0 radical (unpaired) electrons. The molecule has 0 spiro atoms. The zero-order valence-corrected chi connectivity index (χ0v) is 10.8. The molecule has 1 saturated carbocycles. The van der Waals surface area contributed by atoms with E-state index in [0.29, 0.717) is 4.90 Å². The summed E-state index contributed by atoms with van der Waals surface area (Å²) in [5.41, 5.74) is 0.0201. The van der Waals surface area contributed by atoms with Gasteiger partial charge in [-0.2, -0.15) is 0 Å². The number of rotatable bonds is 3. The molecule has 96 valence electrons. The first-order valence-electron chi connectivity index (χ1n) is 6.13. The zero-order valence-electron chi connectivity index (χ0n) is 10.0. The van der Waals surface area contributed by atoms with Crippen molar-refractivity contribution in [1.29, 1.82) is 0 Å². The van der Waals surface area contributed by atoms with Crippen LogP contribution < -0.4 is 0 Å². The van der Waals surface area contributed by atoms with Crippen molar-refractivity contribution in [1.82, 2.24) is 0 Å². The predicted molar refractivity (Wildman–Crippen MR) is 70.5 cm³/mol. The summed E-state index contributed by atoms with van der Waals surface area (Å²) >= 11 is 1.02. The Morgan fingerprint density at radius 1 is 1.22 bits per heavy atom. The Hall–Kier alpha value is -1.36. The van der Waals surface area contributed by atoms with Crippen LogP contribution in [-0.2, 0) is 4.79 Å². The first-order valence-corrected chi connectivity index (χ1v) is 6.95. The van der Waals surface area contributed by atoms with Crippen LogP contribution in [0.15, 0.2) is 29.2 Å². The zero-order chi connectivity index (χ0) is 13.0. The maximum absolute atomic E-state index is 12.1. The minimum absolute atomic E-state index is 0.0201. The minimum Gasteiger partial charge on any atom is -0.287 e. The fraction of sp³-hybridized carbons (Fsp3) is 0.462. The van der Waals surface area contributed by atoms with Gasteiger partial charge in [0.2, 0.25) is 0 Å². The van der Waals surface area contributed by atoms with Gasteiger partial charge in [-0.25, -0.2) is 0 Å². The molecule has 0 N–H and O–H groups in total. The summed E-state index contributed by atoms with van der Waals surface area (Å²) in [6, 6.07) is 6.43. The molecule has 1 aromatic carbocycles. The second-order valence-corrected chi connectivity index (χ2v) is 5.53. The molecular formula is C13H15NO3S. The van der Waals surface area contributed by atoms with Gasteiger partial charge in [0.1, 0.15) is 0 Å². The summed E-state index contributed by atoms with van der Waals surface area (Å²) < 4.78 is 0. The van der Waals surface area contributed by atoms with Gasteiger partial charge in [0.25, 0.3) is 5.69 Å². The highest BCUT2D eigenvalue weighted by Gasteiger charge is 2.24. The topological polar surface area (TPSA) is 60.2 Å². The summed E-state index contributed by atoms with van der Waals surface area (Å²) in [6.07, 6.45) is 5.22. The smallest absolute Gasteiger partial charge is 0.283 e. The highest BCUT2D eigenvalue weighted by Crippen LogP contribution is 2.35. The van der Waals surface area contributed by atoms with Gasteiger partial charge in [0.05, 0.1) is 9.82 Å². The van der Waals surface area contributed by atoms with Crippen molar-refractivity contribution in [2.75, 3.05) is 0 Å². The molecule has 1 fully saturated rings. The van der Waals surface area contributed by atoms with E-state index >= 15 is 0 Å². The van der Waals surface area contributed by atoms with Crippen LogP contribution in [0.3, 0.4) is 0 Å². The van der Waals surface area contributed by atoms with Crippen molar-refractivity contribution in [2.45, 2.75) is 37.0 Å². The number of hydrogen-bond donors (Lipinski definition) is 0. The van der Waals surface area contributed by atoms with Gasteiger partial charge >= 0.3 is 0 Å². The Labute approximate surface area is 110 Å². The molecule has 0 aromatic heterocycles. The van der Waals surface area contributed by atoms with Crippen molar-refractivity contribution in [3.8, 4) is 0 Å². The lowest BCUT2D eigenvalue weighted by Gasteiger charge is -2.19. The molecule has 0 aliphatic heterocycles. The SMILES string of the molecule is O=C(Sc1ccccc1[N+](=O)[O-])C1CCCCC1. The number of nitro groups is 1. The lowest BCUT2D eigenvalue weighted by atomic mass is 9.90. The lowest BCUT2D eigenvalue weighted by molar-refractivity contribution is -0.387. The largest absolute Gasteiger partial charge is 0.287 e. The van der Waals surface area contributed by atoms with E-state index in [0.717, 1.165) is 37.4 Å². The van der Waals surface area contributed by atoms with Gasteiger partial charge in [0.15, 0.2) is 5.12 Å². The van der Waals surface area contributed by atoms with Gasteiger partial charge in [-0.15, -0.1) is 0 Å². The Kier molecular flexibility index (Phi) is 4.36. The third kappa shape index (κ3) is 3.10. The molecule has 18 heavy (non-hydrogen) atoms. The molecule has 0 saturated heterocycles. The van der Waals surface area contributed by atoms with Crippen LogP contribution in [0.2, 0.25) is 0 Å². The van der Waals surface area contributed by atoms with E-state index in [1.54, 1.807) is 18.2 Å². The first kappa shape index (κ1) is 13.1. The summed E-state index contributed by atoms with van der Waals surface area (Å²) in [7, 11) is 0. The Morgan fingerprint density at radius 2 is 1.89 bits per heavy atom. The van der Waals surface area contributed by atoms with E-state index in [-0.39, 0.29) is 16.7 Å². The predicted octanol–water partition coefficient (Wildman–Crippen LogP) is 3.79. The quantitative estimate of drug-likeness (QED) is 0.474. The van der Waals surface area contributed by atoms with E-state index in [9.17, 15) is 14.9 Å². The van der Waals surface area contributed by atoms with Crippen LogP contribution in [0.4, 0.5) is 5.69 Å². The van der Waals surface area contributed by atoms with Crippen LogP contribution in [0.5, 0.6) is 0 Å².